The Bertz CT molecular complexity index is 152. The van der Waals surface area contributed by atoms with Crippen LogP contribution in [0.5, 0.6) is 0 Å². The predicted octanol–water partition coefficient (Wildman–Crippen LogP) is 0.121. The molecule has 0 fully saturated rings. The molecule has 0 saturated carbocycles. The monoisotopic (exact) mass is 235 g/mol. The second kappa shape index (κ2) is 8.24. The van der Waals surface area contributed by atoms with E-state index in [1.54, 1.807) is 0 Å². The average molecular weight is 235 g/mol. The maximum Gasteiger partial charge on any atom is 0.254 e. The highest BCUT2D eigenvalue weighted by molar-refractivity contribution is 6.08. The molecule has 0 bridgehead atoms. The van der Waals surface area contributed by atoms with Crippen molar-refractivity contribution in [3.05, 3.63) is 0 Å². The minimum Gasteiger partial charge on any atom is -0.372 e. The number of nitrogens with one attached hydrogen (secondary N) is 1. The molecule has 5 heteroatoms. The first-order chi connectivity index (χ1) is 7.20. The van der Waals surface area contributed by atoms with Crippen LogP contribution in [0.2, 0.25) is 6.04 Å². The zero-order valence-corrected chi connectivity index (χ0v) is 12.6. The SMILES string of the molecule is CCOC(C[SiH3])C(NC)(OCC)OCC. The molecule has 1 N–H and O–H groups in total. The van der Waals surface area contributed by atoms with Crippen molar-refractivity contribution < 1.29 is 14.2 Å². The zero-order valence-electron chi connectivity index (χ0n) is 10.6. The molecule has 0 aliphatic rings. The van der Waals surface area contributed by atoms with Crippen LogP contribution in [-0.2, 0) is 14.2 Å². The van der Waals surface area contributed by atoms with Gasteiger partial charge in [0.05, 0.1) is 0 Å². The molecule has 0 heterocycles. The van der Waals surface area contributed by atoms with E-state index in [2.05, 4.69) is 5.32 Å². The Kier molecular flexibility index (Phi) is 8.27. The smallest absolute Gasteiger partial charge is 0.254 e. The van der Waals surface area contributed by atoms with Crippen LogP contribution >= 0.6 is 0 Å². The first-order valence-electron chi connectivity index (χ1n) is 5.79. The Labute approximate surface area is 96.1 Å². The van der Waals surface area contributed by atoms with E-state index in [0.717, 1.165) is 16.3 Å². The molecule has 0 spiro atoms. The van der Waals surface area contributed by atoms with Crippen LogP contribution in [0.4, 0.5) is 0 Å². The maximum absolute atomic E-state index is 5.69. The van der Waals surface area contributed by atoms with Crippen LogP contribution in [0.3, 0.4) is 0 Å². The van der Waals surface area contributed by atoms with Gasteiger partial charge in [0.15, 0.2) is 0 Å². The molecular formula is C10H25NO3Si. The molecule has 0 aromatic heterocycles. The first kappa shape index (κ1) is 15.1. The Hall–Kier alpha value is 0.0569. The van der Waals surface area contributed by atoms with Crippen molar-refractivity contribution in [1.82, 2.24) is 5.32 Å². The molecule has 0 radical (unpaired) electrons. The molecule has 0 amide bonds. The van der Waals surface area contributed by atoms with E-state index in [1.165, 1.54) is 0 Å². The van der Waals surface area contributed by atoms with Crippen LogP contribution < -0.4 is 5.32 Å². The van der Waals surface area contributed by atoms with Crippen molar-refractivity contribution in [3.63, 3.8) is 0 Å². The summed E-state index contributed by atoms with van der Waals surface area (Å²) in [4.78, 5) is 0. The summed E-state index contributed by atoms with van der Waals surface area (Å²) in [6, 6.07) is 0.981. The number of ether oxygens (including phenoxy) is 3. The quantitative estimate of drug-likeness (QED) is 0.455. The van der Waals surface area contributed by atoms with Crippen molar-refractivity contribution in [2.75, 3.05) is 26.9 Å². The molecule has 0 aliphatic carbocycles. The summed E-state index contributed by atoms with van der Waals surface area (Å²) in [6.07, 6.45) is -0.0286. The van der Waals surface area contributed by atoms with Crippen LogP contribution in [0, 0.1) is 0 Å². The molecule has 0 aromatic rings. The van der Waals surface area contributed by atoms with E-state index < -0.39 is 5.91 Å². The summed E-state index contributed by atoms with van der Waals surface area (Å²) in [5.74, 6) is -0.777. The third-order valence-corrected chi connectivity index (χ3v) is 2.97. The lowest BCUT2D eigenvalue weighted by atomic mass is 10.3. The van der Waals surface area contributed by atoms with Gasteiger partial charge in [0.2, 0.25) is 0 Å². The van der Waals surface area contributed by atoms with E-state index >= 15 is 0 Å². The second-order valence-electron chi connectivity index (χ2n) is 3.14. The predicted molar refractivity (Wildman–Crippen MR) is 65.2 cm³/mol. The molecule has 1 atom stereocenters. The van der Waals surface area contributed by atoms with E-state index in [-0.39, 0.29) is 6.10 Å². The average Bonchev–Trinajstić information content (AvgIpc) is 2.25. The standard InChI is InChI=1S/C10H25NO3Si/c1-5-12-9(8-15)10(11-4,13-6-2)14-7-3/h9,11H,5-8H2,1-4,15H3. The fourth-order valence-corrected chi connectivity index (χ4v) is 2.43. The van der Waals surface area contributed by atoms with Gasteiger partial charge >= 0.3 is 0 Å². The van der Waals surface area contributed by atoms with Gasteiger partial charge in [-0.15, -0.1) is 0 Å². The molecular weight excluding hydrogens is 210 g/mol. The van der Waals surface area contributed by atoms with Gasteiger partial charge in [-0.05, 0) is 33.9 Å². The lowest BCUT2D eigenvalue weighted by molar-refractivity contribution is -0.298. The van der Waals surface area contributed by atoms with Crippen LogP contribution in [-0.4, -0.2) is 49.1 Å². The van der Waals surface area contributed by atoms with Gasteiger partial charge in [0, 0.05) is 30.1 Å². The summed E-state index contributed by atoms with van der Waals surface area (Å²) >= 11 is 0. The topological polar surface area (TPSA) is 39.7 Å². The van der Waals surface area contributed by atoms with Crippen molar-refractivity contribution in [3.8, 4) is 0 Å². The van der Waals surface area contributed by atoms with E-state index in [1.807, 2.05) is 27.8 Å². The molecule has 4 nitrogen and oxygen atoms in total. The number of likely N-dealkylation sites (N-methyl/N-ethyl adjacent to an activating group) is 1. The molecule has 15 heavy (non-hydrogen) atoms. The van der Waals surface area contributed by atoms with E-state index in [4.69, 9.17) is 14.2 Å². The third kappa shape index (κ3) is 4.20. The molecule has 0 rings (SSSR count). The van der Waals surface area contributed by atoms with Crippen molar-refractivity contribution in [2.45, 2.75) is 38.8 Å². The third-order valence-electron chi connectivity index (χ3n) is 2.23. The zero-order chi connectivity index (χ0) is 11.7. The maximum atomic E-state index is 5.69. The summed E-state index contributed by atoms with van der Waals surface area (Å²) < 4.78 is 17.1. The number of rotatable bonds is 9. The van der Waals surface area contributed by atoms with Gasteiger partial charge in [-0.1, -0.05) is 0 Å². The summed E-state index contributed by atoms with van der Waals surface area (Å²) in [5.41, 5.74) is 0. The van der Waals surface area contributed by atoms with Gasteiger partial charge in [-0.2, -0.15) is 0 Å². The van der Waals surface area contributed by atoms with Crippen molar-refractivity contribution in [1.29, 1.82) is 0 Å². The Morgan fingerprint density at radius 3 is 1.93 bits per heavy atom. The highest BCUT2D eigenvalue weighted by Gasteiger charge is 2.39. The van der Waals surface area contributed by atoms with Gasteiger partial charge in [-0.3, -0.25) is 5.32 Å². The molecule has 0 aromatic carbocycles. The van der Waals surface area contributed by atoms with E-state index in [0.29, 0.717) is 19.8 Å². The lowest BCUT2D eigenvalue weighted by Crippen LogP contribution is -2.58. The minimum atomic E-state index is -0.777. The molecule has 92 valence electrons. The van der Waals surface area contributed by atoms with Gasteiger partial charge in [0.1, 0.15) is 6.10 Å². The van der Waals surface area contributed by atoms with Crippen molar-refractivity contribution >= 4 is 10.2 Å². The normalized spacial score (nSPS) is 14.4. The minimum absolute atomic E-state index is 0.0286. The van der Waals surface area contributed by atoms with Crippen molar-refractivity contribution in [2.24, 2.45) is 0 Å². The summed E-state index contributed by atoms with van der Waals surface area (Å²) in [7, 11) is 2.90. The fourth-order valence-electron chi connectivity index (χ4n) is 1.66. The highest BCUT2D eigenvalue weighted by atomic mass is 28.1. The Morgan fingerprint density at radius 1 is 1.13 bits per heavy atom. The molecule has 0 saturated heterocycles. The molecule has 0 aliphatic heterocycles. The second-order valence-corrected chi connectivity index (χ2v) is 3.95. The lowest BCUT2D eigenvalue weighted by Gasteiger charge is -2.38. The fraction of sp³-hybridized carbons (Fsp3) is 1.00. The molecule has 1 unspecified atom stereocenters. The van der Waals surface area contributed by atoms with Gasteiger partial charge < -0.3 is 14.2 Å². The van der Waals surface area contributed by atoms with Crippen LogP contribution in [0.15, 0.2) is 0 Å². The van der Waals surface area contributed by atoms with Gasteiger partial charge in [0.25, 0.3) is 5.91 Å². The van der Waals surface area contributed by atoms with Crippen LogP contribution in [0.1, 0.15) is 20.8 Å². The van der Waals surface area contributed by atoms with Gasteiger partial charge in [-0.25, -0.2) is 0 Å². The highest BCUT2D eigenvalue weighted by Crippen LogP contribution is 2.20. The largest absolute Gasteiger partial charge is 0.372 e. The number of hydrogen-bond acceptors (Lipinski definition) is 4. The van der Waals surface area contributed by atoms with Crippen LogP contribution in [0.25, 0.3) is 0 Å². The Morgan fingerprint density at radius 2 is 1.67 bits per heavy atom. The summed E-state index contributed by atoms with van der Waals surface area (Å²) in [6.45, 7) is 7.79. The number of hydrogen-bond donors (Lipinski definition) is 1. The Balaban J connectivity index is 4.65. The summed E-state index contributed by atoms with van der Waals surface area (Å²) in [5, 5.41) is 3.11. The van der Waals surface area contributed by atoms with E-state index in [9.17, 15) is 0 Å². The first-order valence-corrected chi connectivity index (χ1v) is 7.20.